The number of halogens is 1. The summed E-state index contributed by atoms with van der Waals surface area (Å²) in [6.45, 7) is 8.83. The van der Waals surface area contributed by atoms with E-state index in [2.05, 4.69) is 33.6 Å². The SMILES string of the molecule is CC1(C)C(N=C(N)N2CCN(c3ncccn3)CC2)C2CCCOC21.I. The fourth-order valence-electron chi connectivity index (χ4n) is 4.57. The molecule has 2 N–H and O–H groups in total. The number of ether oxygens (including phenoxy) is 1. The quantitative estimate of drug-likeness (QED) is 0.402. The van der Waals surface area contributed by atoms with Gasteiger partial charge in [0.1, 0.15) is 0 Å². The molecule has 1 aliphatic carbocycles. The number of guanidine groups is 1. The standard InChI is InChI=1S/C18H28N6O.HI/c1-18(2)14(13-5-3-12-25-15(13)18)22-16(19)23-8-10-24(11-9-23)17-20-6-4-7-21-17;/h4,6-7,13-15H,3,5,8-12H2,1-2H3,(H2,19,22);1H. The van der Waals surface area contributed by atoms with Crippen LogP contribution in [0.3, 0.4) is 0 Å². The summed E-state index contributed by atoms with van der Waals surface area (Å²) >= 11 is 0. The molecule has 4 rings (SSSR count). The van der Waals surface area contributed by atoms with Crippen LogP contribution in [0.5, 0.6) is 0 Å². The molecular weight excluding hydrogens is 443 g/mol. The first-order valence-corrected chi connectivity index (χ1v) is 9.29. The van der Waals surface area contributed by atoms with Gasteiger partial charge in [0.05, 0.1) is 12.1 Å². The minimum Gasteiger partial charge on any atom is -0.377 e. The van der Waals surface area contributed by atoms with Crippen molar-refractivity contribution >= 4 is 35.9 Å². The molecule has 3 fully saturated rings. The second kappa shape index (κ2) is 7.84. The van der Waals surface area contributed by atoms with Gasteiger partial charge < -0.3 is 20.3 Å². The fourth-order valence-corrected chi connectivity index (χ4v) is 4.57. The van der Waals surface area contributed by atoms with Crippen LogP contribution in [0.25, 0.3) is 0 Å². The Morgan fingerprint density at radius 3 is 2.62 bits per heavy atom. The number of hydrogen-bond acceptors (Lipinski definition) is 5. The van der Waals surface area contributed by atoms with E-state index in [0.717, 1.165) is 45.2 Å². The minimum absolute atomic E-state index is 0. The first kappa shape index (κ1) is 19.6. The van der Waals surface area contributed by atoms with E-state index in [0.29, 0.717) is 18.0 Å². The molecule has 3 aliphatic rings. The number of piperazine rings is 1. The van der Waals surface area contributed by atoms with Gasteiger partial charge in [0.25, 0.3) is 0 Å². The number of rotatable bonds is 2. The van der Waals surface area contributed by atoms with E-state index in [9.17, 15) is 0 Å². The van der Waals surface area contributed by atoms with E-state index < -0.39 is 0 Å². The van der Waals surface area contributed by atoms with E-state index >= 15 is 0 Å². The van der Waals surface area contributed by atoms with Gasteiger partial charge >= 0.3 is 0 Å². The summed E-state index contributed by atoms with van der Waals surface area (Å²) in [5.74, 6) is 2.00. The summed E-state index contributed by atoms with van der Waals surface area (Å²) in [5.41, 5.74) is 6.45. The van der Waals surface area contributed by atoms with Gasteiger partial charge in [-0.1, -0.05) is 13.8 Å². The summed E-state index contributed by atoms with van der Waals surface area (Å²) in [6.07, 6.45) is 6.25. The highest BCUT2D eigenvalue weighted by Crippen LogP contribution is 2.53. The van der Waals surface area contributed by atoms with Gasteiger partial charge in [0.2, 0.25) is 5.95 Å². The Bertz CT molecular complexity index is 632. The lowest BCUT2D eigenvalue weighted by atomic mass is 9.55. The van der Waals surface area contributed by atoms with Crippen molar-refractivity contribution in [2.24, 2.45) is 22.1 Å². The van der Waals surface area contributed by atoms with Crippen LogP contribution in [-0.4, -0.2) is 65.8 Å². The lowest BCUT2D eigenvalue weighted by Crippen LogP contribution is -2.64. The van der Waals surface area contributed by atoms with E-state index in [-0.39, 0.29) is 35.4 Å². The average Bonchev–Trinajstić information content (AvgIpc) is 2.67. The highest BCUT2D eigenvalue weighted by Gasteiger charge is 2.58. The molecule has 0 bridgehead atoms. The first-order chi connectivity index (χ1) is 12.1. The van der Waals surface area contributed by atoms with Gasteiger partial charge in [-0.25, -0.2) is 15.0 Å². The number of aromatic nitrogens is 2. The maximum absolute atomic E-state index is 6.37. The number of aliphatic imine (C=N–C) groups is 1. The molecule has 8 heteroatoms. The Morgan fingerprint density at radius 1 is 1.23 bits per heavy atom. The Labute approximate surface area is 172 Å². The first-order valence-electron chi connectivity index (χ1n) is 9.29. The highest BCUT2D eigenvalue weighted by atomic mass is 127. The number of nitrogens with two attached hydrogens (primary N) is 1. The van der Waals surface area contributed by atoms with Gasteiger partial charge in [-0.05, 0) is 18.9 Å². The lowest BCUT2D eigenvalue weighted by molar-refractivity contribution is -0.182. The lowest BCUT2D eigenvalue weighted by Gasteiger charge is -2.58. The average molecular weight is 472 g/mol. The molecule has 0 amide bonds. The summed E-state index contributed by atoms with van der Waals surface area (Å²) in [7, 11) is 0. The third kappa shape index (κ3) is 3.49. The molecule has 3 unspecified atom stereocenters. The largest absolute Gasteiger partial charge is 0.377 e. The van der Waals surface area contributed by atoms with Gasteiger partial charge in [0, 0.05) is 56.5 Å². The van der Waals surface area contributed by atoms with Crippen molar-refractivity contribution in [1.82, 2.24) is 14.9 Å². The van der Waals surface area contributed by atoms with Crippen LogP contribution in [0.1, 0.15) is 26.7 Å². The van der Waals surface area contributed by atoms with E-state index in [1.54, 1.807) is 12.4 Å². The van der Waals surface area contributed by atoms with Gasteiger partial charge in [0.15, 0.2) is 5.96 Å². The molecule has 0 spiro atoms. The molecule has 144 valence electrons. The third-order valence-electron chi connectivity index (χ3n) is 5.98. The summed E-state index contributed by atoms with van der Waals surface area (Å²) in [4.78, 5) is 18.0. The Morgan fingerprint density at radius 2 is 1.92 bits per heavy atom. The molecule has 1 saturated carbocycles. The third-order valence-corrected chi connectivity index (χ3v) is 5.98. The van der Waals surface area contributed by atoms with Crippen molar-refractivity contribution in [1.29, 1.82) is 0 Å². The van der Waals surface area contributed by atoms with Gasteiger partial charge in [-0.3, -0.25) is 0 Å². The van der Waals surface area contributed by atoms with Crippen LogP contribution in [-0.2, 0) is 4.74 Å². The van der Waals surface area contributed by atoms with E-state index in [1.165, 1.54) is 6.42 Å². The predicted molar refractivity (Wildman–Crippen MR) is 113 cm³/mol. The Hall–Kier alpha value is -1.16. The number of fused-ring (bicyclic) bond motifs is 1. The molecule has 0 aromatic carbocycles. The zero-order chi connectivity index (χ0) is 17.4. The maximum atomic E-state index is 6.37. The molecule has 26 heavy (non-hydrogen) atoms. The fraction of sp³-hybridized carbons (Fsp3) is 0.722. The van der Waals surface area contributed by atoms with E-state index in [4.69, 9.17) is 15.5 Å². The molecular formula is C18H29IN6O. The van der Waals surface area contributed by atoms with Crippen LogP contribution in [0.4, 0.5) is 5.95 Å². The summed E-state index contributed by atoms with van der Waals surface area (Å²) in [5, 5.41) is 0. The van der Waals surface area contributed by atoms with Crippen molar-refractivity contribution in [3.63, 3.8) is 0 Å². The summed E-state index contributed by atoms with van der Waals surface area (Å²) < 4.78 is 5.97. The van der Waals surface area contributed by atoms with Crippen molar-refractivity contribution in [3.05, 3.63) is 18.5 Å². The number of nitrogens with zero attached hydrogens (tertiary/aromatic N) is 5. The summed E-state index contributed by atoms with van der Waals surface area (Å²) in [6, 6.07) is 2.11. The number of anilines is 1. The molecule has 3 atom stereocenters. The normalized spacial score (nSPS) is 30.8. The topological polar surface area (TPSA) is 79.9 Å². The minimum atomic E-state index is 0. The van der Waals surface area contributed by atoms with Gasteiger partial charge in [-0.2, -0.15) is 0 Å². The Kier molecular flexibility index (Phi) is 5.91. The second-order valence-corrected chi connectivity index (χ2v) is 7.87. The van der Waals surface area contributed by atoms with Crippen molar-refractivity contribution in [2.45, 2.75) is 38.8 Å². The monoisotopic (exact) mass is 472 g/mol. The van der Waals surface area contributed by atoms with Crippen LogP contribution in [0.15, 0.2) is 23.5 Å². The second-order valence-electron chi connectivity index (χ2n) is 7.87. The van der Waals surface area contributed by atoms with Crippen molar-refractivity contribution in [2.75, 3.05) is 37.7 Å². The zero-order valence-electron chi connectivity index (χ0n) is 15.5. The maximum Gasteiger partial charge on any atom is 0.225 e. The van der Waals surface area contributed by atoms with Crippen molar-refractivity contribution < 1.29 is 4.74 Å². The van der Waals surface area contributed by atoms with Crippen LogP contribution in [0, 0.1) is 11.3 Å². The predicted octanol–water partition coefficient (Wildman–Crippen LogP) is 1.73. The number of hydrogen-bond donors (Lipinski definition) is 1. The molecule has 7 nitrogen and oxygen atoms in total. The molecule has 1 aromatic heterocycles. The van der Waals surface area contributed by atoms with Crippen LogP contribution >= 0.6 is 24.0 Å². The van der Waals surface area contributed by atoms with Gasteiger partial charge in [-0.15, -0.1) is 24.0 Å². The van der Waals surface area contributed by atoms with Crippen LogP contribution < -0.4 is 10.6 Å². The van der Waals surface area contributed by atoms with Crippen molar-refractivity contribution in [3.8, 4) is 0 Å². The smallest absolute Gasteiger partial charge is 0.225 e. The molecule has 0 radical (unpaired) electrons. The molecule has 1 aromatic rings. The molecule has 2 saturated heterocycles. The Balaban J connectivity index is 0.00000196. The highest BCUT2D eigenvalue weighted by molar-refractivity contribution is 14.0. The molecule has 2 aliphatic heterocycles. The zero-order valence-corrected chi connectivity index (χ0v) is 17.9. The molecule has 3 heterocycles. The van der Waals surface area contributed by atoms with Crippen LogP contribution in [0.2, 0.25) is 0 Å². The van der Waals surface area contributed by atoms with E-state index in [1.807, 2.05) is 6.07 Å².